The van der Waals surface area contributed by atoms with Gasteiger partial charge in [-0.25, -0.2) is 4.39 Å². The van der Waals surface area contributed by atoms with E-state index in [9.17, 15) is 4.39 Å². The molecule has 0 bridgehead atoms. The number of halogens is 2. The fourth-order valence-electron chi connectivity index (χ4n) is 2.55. The molecule has 2 aromatic rings. The predicted octanol–water partition coefficient (Wildman–Crippen LogP) is 3.45. The van der Waals surface area contributed by atoms with Gasteiger partial charge in [-0.05, 0) is 43.5 Å². The molecule has 0 fully saturated rings. The fourth-order valence-corrected chi connectivity index (χ4v) is 2.75. The van der Waals surface area contributed by atoms with Crippen LogP contribution in [0.15, 0.2) is 18.3 Å². The zero-order valence-corrected chi connectivity index (χ0v) is 11.1. The molecule has 18 heavy (non-hydrogen) atoms. The van der Waals surface area contributed by atoms with Crippen molar-refractivity contribution in [1.82, 2.24) is 10.3 Å². The Labute approximate surface area is 110 Å². The van der Waals surface area contributed by atoms with E-state index in [-0.39, 0.29) is 11.4 Å². The third-order valence-corrected chi connectivity index (χ3v) is 3.68. The maximum absolute atomic E-state index is 13.8. The molecule has 0 saturated carbocycles. The van der Waals surface area contributed by atoms with E-state index in [1.807, 2.05) is 0 Å². The average Bonchev–Trinajstić information content (AvgIpc) is 2.26. The van der Waals surface area contributed by atoms with E-state index in [2.05, 4.69) is 24.1 Å². The summed E-state index contributed by atoms with van der Waals surface area (Å²) < 4.78 is 13.8. The molecular formula is C14H14ClFN2. The molecule has 0 aliphatic carbocycles. The van der Waals surface area contributed by atoms with Crippen LogP contribution >= 0.6 is 11.6 Å². The minimum atomic E-state index is -0.356. The van der Waals surface area contributed by atoms with Gasteiger partial charge in [0.1, 0.15) is 5.52 Å². The van der Waals surface area contributed by atoms with Crippen LogP contribution in [0.4, 0.5) is 4.39 Å². The second kappa shape index (κ2) is 3.90. The minimum absolute atomic E-state index is 0.0550. The van der Waals surface area contributed by atoms with Gasteiger partial charge >= 0.3 is 0 Å². The Balaban J connectivity index is 2.27. The summed E-state index contributed by atoms with van der Waals surface area (Å²) in [5.74, 6) is -0.356. The molecule has 0 unspecified atom stereocenters. The lowest BCUT2D eigenvalue weighted by molar-refractivity contribution is 0.363. The molecule has 4 heteroatoms. The first-order valence-electron chi connectivity index (χ1n) is 5.97. The number of benzene rings is 1. The molecule has 1 aliphatic heterocycles. The summed E-state index contributed by atoms with van der Waals surface area (Å²) in [6.45, 7) is 5.03. The van der Waals surface area contributed by atoms with Crippen molar-refractivity contribution in [2.75, 3.05) is 0 Å². The van der Waals surface area contributed by atoms with Gasteiger partial charge < -0.3 is 5.32 Å². The second-order valence-electron chi connectivity index (χ2n) is 5.46. The van der Waals surface area contributed by atoms with Gasteiger partial charge in [0, 0.05) is 28.7 Å². The van der Waals surface area contributed by atoms with Crippen molar-refractivity contribution < 1.29 is 4.39 Å². The summed E-state index contributed by atoms with van der Waals surface area (Å²) >= 11 is 5.93. The zero-order valence-electron chi connectivity index (χ0n) is 10.3. The standard InChI is InChI=1S/C14H14ClFN2/c1-14(2)5-8-6-17-13-10(11(8)7-18-14)3-9(15)4-12(13)16/h3-4,6,18H,5,7H2,1-2H3. The Morgan fingerprint density at radius 3 is 2.94 bits per heavy atom. The van der Waals surface area contributed by atoms with Crippen LogP contribution in [-0.2, 0) is 13.0 Å². The topological polar surface area (TPSA) is 24.9 Å². The Morgan fingerprint density at radius 1 is 1.39 bits per heavy atom. The Hall–Kier alpha value is -1.19. The molecule has 3 rings (SSSR count). The number of hydrogen-bond acceptors (Lipinski definition) is 2. The van der Waals surface area contributed by atoms with Crippen LogP contribution in [0.5, 0.6) is 0 Å². The second-order valence-corrected chi connectivity index (χ2v) is 5.90. The lowest BCUT2D eigenvalue weighted by atomic mass is 9.87. The molecule has 0 amide bonds. The average molecular weight is 265 g/mol. The Kier molecular flexibility index (Phi) is 2.57. The number of rotatable bonds is 0. The maximum Gasteiger partial charge on any atom is 0.150 e. The first kappa shape index (κ1) is 11.9. The van der Waals surface area contributed by atoms with E-state index in [4.69, 9.17) is 11.6 Å². The number of hydrogen-bond donors (Lipinski definition) is 1. The fraction of sp³-hybridized carbons (Fsp3) is 0.357. The predicted molar refractivity (Wildman–Crippen MR) is 71.3 cm³/mol. The quantitative estimate of drug-likeness (QED) is 0.788. The van der Waals surface area contributed by atoms with Crippen LogP contribution in [0.1, 0.15) is 25.0 Å². The van der Waals surface area contributed by atoms with Gasteiger partial charge in [0.05, 0.1) is 0 Å². The van der Waals surface area contributed by atoms with Crippen LogP contribution in [0.25, 0.3) is 10.9 Å². The van der Waals surface area contributed by atoms with Gasteiger partial charge in [0.15, 0.2) is 5.82 Å². The van der Waals surface area contributed by atoms with E-state index in [1.54, 1.807) is 12.3 Å². The molecule has 1 N–H and O–H groups in total. The zero-order chi connectivity index (χ0) is 12.9. The summed E-state index contributed by atoms with van der Waals surface area (Å²) in [5, 5.41) is 4.69. The van der Waals surface area contributed by atoms with Crippen LogP contribution < -0.4 is 5.32 Å². The lowest BCUT2D eigenvalue weighted by Crippen LogP contribution is -2.44. The summed E-state index contributed by atoms with van der Waals surface area (Å²) in [6, 6.07) is 3.11. The van der Waals surface area contributed by atoms with Crippen molar-refractivity contribution in [1.29, 1.82) is 0 Å². The van der Waals surface area contributed by atoms with Crippen molar-refractivity contribution in [3.8, 4) is 0 Å². The SMILES string of the molecule is CC1(C)Cc2cnc3c(F)cc(Cl)cc3c2CN1. The van der Waals surface area contributed by atoms with Gasteiger partial charge in [-0.15, -0.1) is 0 Å². The Bertz CT molecular complexity index is 637. The smallest absolute Gasteiger partial charge is 0.150 e. The third kappa shape index (κ3) is 1.88. The lowest BCUT2D eigenvalue weighted by Gasteiger charge is -2.33. The number of fused-ring (bicyclic) bond motifs is 3. The van der Waals surface area contributed by atoms with Crippen LogP contribution in [-0.4, -0.2) is 10.5 Å². The van der Waals surface area contributed by atoms with E-state index >= 15 is 0 Å². The molecule has 0 radical (unpaired) electrons. The summed E-state index contributed by atoms with van der Waals surface area (Å²) in [5.41, 5.74) is 2.74. The summed E-state index contributed by atoms with van der Waals surface area (Å²) in [7, 11) is 0. The number of aromatic nitrogens is 1. The normalized spacial score (nSPS) is 17.8. The number of nitrogens with zero attached hydrogens (tertiary/aromatic N) is 1. The maximum atomic E-state index is 13.8. The monoisotopic (exact) mass is 264 g/mol. The number of nitrogens with one attached hydrogen (secondary N) is 1. The van der Waals surface area contributed by atoms with Crippen LogP contribution in [0, 0.1) is 5.82 Å². The van der Waals surface area contributed by atoms with Crippen molar-refractivity contribution in [3.63, 3.8) is 0 Å². The first-order chi connectivity index (χ1) is 8.46. The molecule has 0 saturated heterocycles. The van der Waals surface area contributed by atoms with Crippen molar-refractivity contribution in [2.24, 2.45) is 0 Å². The molecule has 1 aliphatic rings. The van der Waals surface area contributed by atoms with Crippen molar-refractivity contribution in [2.45, 2.75) is 32.4 Å². The summed E-state index contributed by atoms with van der Waals surface area (Å²) in [4.78, 5) is 4.24. The van der Waals surface area contributed by atoms with Gasteiger partial charge in [0.2, 0.25) is 0 Å². The minimum Gasteiger partial charge on any atom is -0.307 e. The molecular weight excluding hydrogens is 251 g/mol. The number of pyridine rings is 1. The van der Waals surface area contributed by atoms with Crippen LogP contribution in [0.3, 0.4) is 0 Å². The van der Waals surface area contributed by atoms with Crippen molar-refractivity contribution in [3.05, 3.63) is 40.3 Å². The van der Waals surface area contributed by atoms with E-state index in [0.29, 0.717) is 10.5 Å². The van der Waals surface area contributed by atoms with E-state index in [0.717, 1.165) is 23.9 Å². The molecule has 0 atom stereocenters. The molecule has 1 aromatic heterocycles. The van der Waals surface area contributed by atoms with E-state index in [1.165, 1.54) is 11.6 Å². The van der Waals surface area contributed by atoms with Gasteiger partial charge in [0.25, 0.3) is 0 Å². The molecule has 94 valence electrons. The van der Waals surface area contributed by atoms with Crippen molar-refractivity contribution >= 4 is 22.5 Å². The van der Waals surface area contributed by atoms with E-state index < -0.39 is 0 Å². The Morgan fingerprint density at radius 2 is 2.17 bits per heavy atom. The van der Waals surface area contributed by atoms with Crippen LogP contribution in [0.2, 0.25) is 5.02 Å². The highest BCUT2D eigenvalue weighted by atomic mass is 35.5. The highest BCUT2D eigenvalue weighted by Gasteiger charge is 2.26. The largest absolute Gasteiger partial charge is 0.307 e. The summed E-state index contributed by atoms with van der Waals surface area (Å²) in [6.07, 6.45) is 2.68. The van der Waals surface area contributed by atoms with Gasteiger partial charge in [-0.2, -0.15) is 0 Å². The molecule has 0 spiro atoms. The first-order valence-corrected chi connectivity index (χ1v) is 6.35. The third-order valence-electron chi connectivity index (χ3n) is 3.47. The highest BCUT2D eigenvalue weighted by molar-refractivity contribution is 6.31. The van der Waals surface area contributed by atoms with Gasteiger partial charge in [-0.1, -0.05) is 11.6 Å². The molecule has 2 heterocycles. The molecule has 1 aromatic carbocycles. The molecule has 2 nitrogen and oxygen atoms in total. The highest BCUT2D eigenvalue weighted by Crippen LogP contribution is 2.30. The van der Waals surface area contributed by atoms with Gasteiger partial charge in [-0.3, -0.25) is 4.98 Å².